The lowest BCUT2D eigenvalue weighted by Gasteiger charge is -2.19. The van der Waals surface area contributed by atoms with E-state index in [-0.39, 0.29) is 11.9 Å². The Kier molecular flexibility index (Phi) is 3.70. The number of rotatable bonds is 4. The Bertz CT molecular complexity index is 594. The predicted molar refractivity (Wildman–Crippen MR) is 78.6 cm³/mol. The summed E-state index contributed by atoms with van der Waals surface area (Å²) in [5.74, 6) is 0.473. The van der Waals surface area contributed by atoms with Gasteiger partial charge in [-0.2, -0.15) is 0 Å². The minimum atomic E-state index is -0.0562. The molecule has 1 fully saturated rings. The fourth-order valence-corrected chi connectivity index (χ4v) is 2.43. The average molecular weight is 287 g/mol. The Morgan fingerprint density at radius 3 is 2.40 bits per heavy atom. The van der Waals surface area contributed by atoms with Crippen LogP contribution in [0.25, 0.3) is 0 Å². The summed E-state index contributed by atoms with van der Waals surface area (Å²) < 4.78 is 0. The van der Waals surface area contributed by atoms with Gasteiger partial charge in [-0.15, -0.1) is 0 Å². The van der Waals surface area contributed by atoms with Gasteiger partial charge in [0.05, 0.1) is 6.04 Å². The quantitative estimate of drug-likeness (QED) is 0.933. The summed E-state index contributed by atoms with van der Waals surface area (Å²) in [5, 5.41) is 3.83. The Labute approximate surface area is 123 Å². The van der Waals surface area contributed by atoms with E-state index < -0.39 is 0 Å². The first kappa shape index (κ1) is 13.1. The van der Waals surface area contributed by atoms with Crippen LogP contribution in [0.5, 0.6) is 0 Å². The number of pyridine rings is 1. The second-order valence-electron chi connectivity index (χ2n) is 5.08. The van der Waals surface area contributed by atoms with E-state index in [1.165, 1.54) is 0 Å². The number of carbonyl (C=O) groups excluding carboxylic acids is 1. The van der Waals surface area contributed by atoms with Crippen LogP contribution in [0.1, 0.15) is 34.8 Å². The molecule has 1 N–H and O–H groups in total. The second-order valence-corrected chi connectivity index (χ2v) is 5.51. The average Bonchev–Trinajstić information content (AvgIpc) is 3.31. The highest BCUT2D eigenvalue weighted by Gasteiger charge is 2.33. The first-order valence-electron chi connectivity index (χ1n) is 6.70. The molecule has 1 atom stereocenters. The fraction of sp³-hybridized carbons (Fsp3) is 0.250. The Morgan fingerprint density at radius 1 is 1.15 bits per heavy atom. The van der Waals surface area contributed by atoms with Crippen LogP contribution in [0.15, 0.2) is 48.8 Å². The Morgan fingerprint density at radius 2 is 1.80 bits per heavy atom. The number of nitrogens with one attached hydrogen (secondary N) is 1. The normalized spacial score (nSPS) is 15.7. The van der Waals surface area contributed by atoms with Crippen LogP contribution in [0.4, 0.5) is 0 Å². The summed E-state index contributed by atoms with van der Waals surface area (Å²) in [6.07, 6.45) is 5.57. The second kappa shape index (κ2) is 5.63. The van der Waals surface area contributed by atoms with E-state index in [1.54, 1.807) is 24.5 Å². The Hall–Kier alpha value is -1.87. The van der Waals surface area contributed by atoms with Crippen molar-refractivity contribution in [1.29, 1.82) is 0 Å². The van der Waals surface area contributed by atoms with Crippen molar-refractivity contribution in [1.82, 2.24) is 10.3 Å². The number of hydrogen-bond donors (Lipinski definition) is 1. The molecular weight excluding hydrogens is 272 g/mol. The smallest absolute Gasteiger partial charge is 0.251 e. The number of hydrogen-bond acceptors (Lipinski definition) is 2. The lowest BCUT2D eigenvalue weighted by Crippen LogP contribution is -2.29. The van der Waals surface area contributed by atoms with Crippen molar-refractivity contribution in [3.8, 4) is 0 Å². The van der Waals surface area contributed by atoms with E-state index in [0.717, 1.165) is 18.4 Å². The van der Waals surface area contributed by atoms with E-state index >= 15 is 0 Å². The number of aromatic nitrogens is 1. The minimum absolute atomic E-state index is 0.0562. The molecule has 1 amide bonds. The first-order valence-corrected chi connectivity index (χ1v) is 7.08. The highest BCUT2D eigenvalue weighted by Crippen LogP contribution is 2.41. The predicted octanol–water partition coefficient (Wildman–Crippen LogP) is 3.62. The van der Waals surface area contributed by atoms with Gasteiger partial charge in [-0.25, -0.2) is 0 Å². The van der Waals surface area contributed by atoms with Gasteiger partial charge in [-0.1, -0.05) is 23.7 Å². The standard InChI is InChI=1S/C16H15ClN2O/c17-14-5-3-12(4-6-14)15(11-1-2-11)19-16(20)13-7-9-18-10-8-13/h3-11,15H,1-2H2,(H,19,20). The molecule has 0 aliphatic heterocycles. The summed E-state index contributed by atoms with van der Waals surface area (Å²) in [4.78, 5) is 16.2. The van der Waals surface area contributed by atoms with Crippen LogP contribution in [-0.4, -0.2) is 10.9 Å². The third-order valence-electron chi connectivity index (χ3n) is 3.55. The van der Waals surface area contributed by atoms with Crippen LogP contribution in [0.3, 0.4) is 0 Å². The highest BCUT2D eigenvalue weighted by molar-refractivity contribution is 6.30. The summed E-state index contributed by atoms with van der Waals surface area (Å²) in [7, 11) is 0. The number of amides is 1. The first-order chi connectivity index (χ1) is 9.74. The summed E-state index contributed by atoms with van der Waals surface area (Å²) >= 11 is 5.92. The van der Waals surface area contributed by atoms with Gasteiger partial charge in [0.1, 0.15) is 0 Å². The van der Waals surface area contributed by atoms with Crippen molar-refractivity contribution in [3.63, 3.8) is 0 Å². The zero-order valence-electron chi connectivity index (χ0n) is 10.9. The van der Waals surface area contributed by atoms with Gasteiger partial charge in [0, 0.05) is 23.0 Å². The van der Waals surface area contributed by atoms with Gasteiger partial charge >= 0.3 is 0 Å². The molecule has 1 aromatic heterocycles. The zero-order chi connectivity index (χ0) is 13.9. The molecule has 3 rings (SSSR count). The minimum Gasteiger partial charge on any atom is -0.345 e. The van der Waals surface area contributed by atoms with Crippen molar-refractivity contribution in [3.05, 3.63) is 64.9 Å². The molecule has 0 radical (unpaired) electrons. The molecule has 4 heteroatoms. The van der Waals surface area contributed by atoms with Gasteiger partial charge in [0.15, 0.2) is 0 Å². The molecule has 1 aromatic carbocycles. The van der Waals surface area contributed by atoms with Gasteiger partial charge in [-0.3, -0.25) is 9.78 Å². The third kappa shape index (κ3) is 2.99. The van der Waals surface area contributed by atoms with Crippen LogP contribution in [0, 0.1) is 5.92 Å². The maximum Gasteiger partial charge on any atom is 0.251 e. The molecule has 1 saturated carbocycles. The number of carbonyl (C=O) groups is 1. The topological polar surface area (TPSA) is 42.0 Å². The van der Waals surface area contributed by atoms with Crippen LogP contribution in [-0.2, 0) is 0 Å². The van der Waals surface area contributed by atoms with Gasteiger partial charge in [0.25, 0.3) is 5.91 Å². The Balaban J connectivity index is 1.78. The molecule has 0 bridgehead atoms. The van der Waals surface area contributed by atoms with Crippen molar-refractivity contribution in [2.75, 3.05) is 0 Å². The van der Waals surface area contributed by atoms with E-state index in [4.69, 9.17) is 11.6 Å². The van der Waals surface area contributed by atoms with Gasteiger partial charge in [0.2, 0.25) is 0 Å². The molecule has 0 saturated heterocycles. The van der Waals surface area contributed by atoms with Crippen molar-refractivity contribution in [2.45, 2.75) is 18.9 Å². The summed E-state index contributed by atoms with van der Waals surface area (Å²) in [5.41, 5.74) is 1.75. The number of benzene rings is 1. The SMILES string of the molecule is O=C(NC(c1ccc(Cl)cc1)C1CC1)c1ccncc1. The van der Waals surface area contributed by atoms with Crippen molar-refractivity contribution < 1.29 is 4.79 Å². The zero-order valence-corrected chi connectivity index (χ0v) is 11.7. The molecule has 102 valence electrons. The molecule has 1 aliphatic carbocycles. The molecule has 2 aromatic rings. The van der Waals surface area contributed by atoms with E-state index in [0.29, 0.717) is 16.5 Å². The van der Waals surface area contributed by atoms with E-state index in [2.05, 4.69) is 10.3 Å². The fourth-order valence-electron chi connectivity index (χ4n) is 2.30. The highest BCUT2D eigenvalue weighted by atomic mass is 35.5. The molecule has 0 spiro atoms. The molecular formula is C16H15ClN2O. The summed E-state index contributed by atoms with van der Waals surface area (Å²) in [6.45, 7) is 0. The monoisotopic (exact) mass is 286 g/mol. The largest absolute Gasteiger partial charge is 0.345 e. The molecule has 3 nitrogen and oxygen atoms in total. The van der Waals surface area contributed by atoms with Crippen molar-refractivity contribution >= 4 is 17.5 Å². The molecule has 1 heterocycles. The van der Waals surface area contributed by atoms with Crippen LogP contribution >= 0.6 is 11.6 Å². The lowest BCUT2D eigenvalue weighted by molar-refractivity contribution is 0.0931. The number of halogens is 1. The number of nitrogens with zero attached hydrogens (tertiary/aromatic N) is 1. The van der Waals surface area contributed by atoms with Crippen LogP contribution < -0.4 is 5.32 Å². The van der Waals surface area contributed by atoms with E-state index in [1.807, 2.05) is 24.3 Å². The summed E-state index contributed by atoms with van der Waals surface area (Å²) in [6, 6.07) is 11.2. The van der Waals surface area contributed by atoms with Crippen molar-refractivity contribution in [2.24, 2.45) is 5.92 Å². The maximum atomic E-state index is 12.3. The molecule has 1 unspecified atom stereocenters. The van der Waals surface area contributed by atoms with Gasteiger partial charge < -0.3 is 5.32 Å². The van der Waals surface area contributed by atoms with Crippen LogP contribution in [0.2, 0.25) is 5.02 Å². The third-order valence-corrected chi connectivity index (χ3v) is 3.80. The molecule has 1 aliphatic rings. The molecule has 20 heavy (non-hydrogen) atoms. The maximum absolute atomic E-state index is 12.3. The lowest BCUT2D eigenvalue weighted by atomic mass is 10.0. The van der Waals surface area contributed by atoms with Gasteiger partial charge in [-0.05, 0) is 48.6 Å². The van der Waals surface area contributed by atoms with E-state index in [9.17, 15) is 4.79 Å².